The van der Waals surface area contributed by atoms with E-state index in [2.05, 4.69) is 55.9 Å². The first kappa shape index (κ1) is 16.5. The van der Waals surface area contributed by atoms with Crippen LogP contribution in [0.5, 0.6) is 0 Å². The van der Waals surface area contributed by atoms with Crippen molar-refractivity contribution in [2.24, 2.45) is 0 Å². The number of hydrogen-bond acceptors (Lipinski definition) is 3. The van der Waals surface area contributed by atoms with Crippen molar-refractivity contribution in [1.29, 1.82) is 0 Å². The van der Waals surface area contributed by atoms with Gasteiger partial charge in [0.25, 0.3) is 0 Å². The highest BCUT2D eigenvalue weighted by molar-refractivity contribution is 5.29. The molecule has 1 aliphatic rings. The molecule has 0 aliphatic carbocycles. The van der Waals surface area contributed by atoms with Crippen LogP contribution in [-0.4, -0.2) is 54.7 Å². The molecule has 2 unspecified atom stereocenters. The van der Waals surface area contributed by atoms with Gasteiger partial charge < -0.3 is 14.9 Å². The van der Waals surface area contributed by atoms with Gasteiger partial charge in [0, 0.05) is 19.1 Å². The number of benzene rings is 1. The molecular weight excluding hydrogens is 260 g/mol. The van der Waals surface area contributed by atoms with Gasteiger partial charge in [-0.15, -0.1) is 0 Å². The third kappa shape index (κ3) is 4.80. The number of aliphatic hydroxyl groups excluding tert-OH is 1. The molecular formula is C18H30N2O. The van der Waals surface area contributed by atoms with E-state index in [4.69, 9.17) is 0 Å². The van der Waals surface area contributed by atoms with Gasteiger partial charge in [-0.05, 0) is 59.3 Å². The number of rotatable bonds is 5. The number of nitrogens with zero attached hydrogens (tertiary/aromatic N) is 2. The predicted molar refractivity (Wildman–Crippen MR) is 88.6 cm³/mol. The molecule has 3 nitrogen and oxygen atoms in total. The highest BCUT2D eigenvalue weighted by Crippen LogP contribution is 2.21. The Morgan fingerprint density at radius 1 is 1.24 bits per heavy atom. The van der Waals surface area contributed by atoms with Crippen LogP contribution in [0.15, 0.2) is 18.2 Å². The fourth-order valence-corrected chi connectivity index (χ4v) is 3.33. The molecule has 1 N–H and O–H groups in total. The smallest absolute Gasteiger partial charge is 0.0802 e. The highest BCUT2D eigenvalue weighted by atomic mass is 16.3. The van der Waals surface area contributed by atoms with Crippen LogP contribution >= 0.6 is 0 Å². The second-order valence-electron chi connectivity index (χ2n) is 6.79. The Kier molecular flexibility index (Phi) is 5.80. The topological polar surface area (TPSA) is 26.7 Å². The molecule has 1 aromatic carbocycles. The van der Waals surface area contributed by atoms with E-state index in [1.807, 2.05) is 0 Å². The molecule has 1 aliphatic heterocycles. The molecule has 2 atom stereocenters. The number of aliphatic hydroxyl groups is 1. The number of likely N-dealkylation sites (tertiary alicyclic amines) is 1. The summed E-state index contributed by atoms with van der Waals surface area (Å²) in [5, 5.41) is 10.4. The molecule has 0 spiro atoms. The fourth-order valence-electron chi connectivity index (χ4n) is 3.33. The molecule has 1 fully saturated rings. The van der Waals surface area contributed by atoms with Gasteiger partial charge in [0.15, 0.2) is 0 Å². The first-order valence-electron chi connectivity index (χ1n) is 8.10. The average molecular weight is 290 g/mol. The normalized spacial score (nSPS) is 21.7. The van der Waals surface area contributed by atoms with E-state index in [0.717, 1.165) is 25.1 Å². The van der Waals surface area contributed by atoms with E-state index in [0.29, 0.717) is 6.04 Å². The lowest BCUT2D eigenvalue weighted by molar-refractivity contribution is 0.102. The first-order valence-corrected chi connectivity index (χ1v) is 8.10. The minimum atomic E-state index is -0.344. The van der Waals surface area contributed by atoms with Gasteiger partial charge in [-0.25, -0.2) is 0 Å². The third-order valence-electron chi connectivity index (χ3n) is 4.56. The predicted octanol–water partition coefficient (Wildman–Crippen LogP) is 2.75. The number of likely N-dealkylation sites (N-methyl/N-ethyl adjacent to an activating group) is 1. The molecule has 1 aromatic rings. The summed E-state index contributed by atoms with van der Waals surface area (Å²) < 4.78 is 0. The number of aryl methyl sites for hydroxylation is 2. The summed E-state index contributed by atoms with van der Waals surface area (Å²) in [5.74, 6) is 0. The monoisotopic (exact) mass is 290 g/mol. The zero-order valence-corrected chi connectivity index (χ0v) is 14.0. The fraction of sp³-hybridized carbons (Fsp3) is 0.667. The summed E-state index contributed by atoms with van der Waals surface area (Å²) >= 11 is 0. The van der Waals surface area contributed by atoms with E-state index in [9.17, 15) is 5.11 Å². The van der Waals surface area contributed by atoms with Crippen molar-refractivity contribution in [2.75, 3.05) is 33.7 Å². The van der Waals surface area contributed by atoms with Crippen LogP contribution in [0, 0.1) is 13.8 Å². The summed E-state index contributed by atoms with van der Waals surface area (Å²) in [6.45, 7) is 7.47. The van der Waals surface area contributed by atoms with Crippen LogP contribution in [0.2, 0.25) is 0 Å². The summed E-state index contributed by atoms with van der Waals surface area (Å²) in [4.78, 5) is 4.83. The average Bonchev–Trinajstić information content (AvgIpc) is 2.44. The maximum absolute atomic E-state index is 10.4. The van der Waals surface area contributed by atoms with E-state index in [-0.39, 0.29) is 6.10 Å². The number of piperidine rings is 1. The van der Waals surface area contributed by atoms with Crippen LogP contribution in [-0.2, 0) is 0 Å². The minimum absolute atomic E-state index is 0.344. The van der Waals surface area contributed by atoms with Crippen LogP contribution < -0.4 is 0 Å². The molecule has 3 heteroatoms. The molecule has 0 aromatic heterocycles. The van der Waals surface area contributed by atoms with E-state index < -0.39 is 0 Å². The largest absolute Gasteiger partial charge is 0.388 e. The lowest BCUT2D eigenvalue weighted by Gasteiger charge is -2.36. The van der Waals surface area contributed by atoms with Crippen LogP contribution in [0.25, 0.3) is 0 Å². The van der Waals surface area contributed by atoms with E-state index in [1.165, 1.54) is 30.5 Å². The zero-order chi connectivity index (χ0) is 15.4. The Hall–Kier alpha value is -0.900. The molecule has 0 radical (unpaired) electrons. The molecule has 1 saturated heterocycles. The van der Waals surface area contributed by atoms with Crippen LogP contribution in [0.1, 0.15) is 42.1 Å². The molecule has 1 heterocycles. The van der Waals surface area contributed by atoms with Crippen molar-refractivity contribution in [3.05, 3.63) is 34.9 Å². The highest BCUT2D eigenvalue weighted by Gasteiger charge is 2.21. The van der Waals surface area contributed by atoms with Gasteiger partial charge in [-0.1, -0.05) is 29.3 Å². The maximum Gasteiger partial charge on any atom is 0.0802 e. The summed E-state index contributed by atoms with van der Waals surface area (Å²) in [5.41, 5.74) is 3.53. The lowest BCUT2D eigenvalue weighted by Crippen LogP contribution is -2.45. The summed E-state index contributed by atoms with van der Waals surface area (Å²) in [7, 11) is 4.33. The van der Waals surface area contributed by atoms with Gasteiger partial charge in [-0.2, -0.15) is 0 Å². The summed E-state index contributed by atoms with van der Waals surface area (Å²) in [6, 6.07) is 7.03. The molecule has 0 saturated carbocycles. The minimum Gasteiger partial charge on any atom is -0.388 e. The van der Waals surface area contributed by atoms with Crippen LogP contribution in [0.4, 0.5) is 0 Å². The Morgan fingerprint density at radius 3 is 2.52 bits per heavy atom. The van der Waals surface area contributed by atoms with Crippen molar-refractivity contribution in [3.8, 4) is 0 Å². The van der Waals surface area contributed by atoms with Crippen molar-refractivity contribution < 1.29 is 5.11 Å². The van der Waals surface area contributed by atoms with Gasteiger partial charge in [0.1, 0.15) is 0 Å². The quantitative estimate of drug-likeness (QED) is 0.903. The molecule has 0 amide bonds. The molecule has 118 valence electrons. The van der Waals surface area contributed by atoms with Crippen molar-refractivity contribution >= 4 is 0 Å². The van der Waals surface area contributed by atoms with E-state index >= 15 is 0 Å². The maximum atomic E-state index is 10.4. The SMILES string of the molecule is Cc1cc(C)cc(C(O)CCN2CCCC(N(C)C)C2)c1. The molecule has 0 bridgehead atoms. The standard InChI is InChI=1S/C18H30N2O/c1-14-10-15(2)12-16(11-14)18(21)7-9-20-8-5-6-17(13-20)19(3)4/h10-12,17-18,21H,5-9,13H2,1-4H3. The molecule has 21 heavy (non-hydrogen) atoms. The zero-order valence-electron chi connectivity index (χ0n) is 14.0. The van der Waals surface area contributed by atoms with Gasteiger partial charge in [-0.3, -0.25) is 0 Å². The lowest BCUT2D eigenvalue weighted by atomic mass is 10.00. The summed E-state index contributed by atoms with van der Waals surface area (Å²) in [6.07, 6.45) is 3.04. The van der Waals surface area contributed by atoms with Gasteiger partial charge >= 0.3 is 0 Å². The Labute approximate surface area is 129 Å². The third-order valence-corrected chi connectivity index (χ3v) is 4.56. The van der Waals surface area contributed by atoms with Crippen molar-refractivity contribution in [1.82, 2.24) is 9.80 Å². The molecule has 2 rings (SSSR count). The second kappa shape index (κ2) is 7.39. The van der Waals surface area contributed by atoms with Gasteiger partial charge in [0.2, 0.25) is 0 Å². The second-order valence-corrected chi connectivity index (χ2v) is 6.79. The van der Waals surface area contributed by atoms with Crippen molar-refractivity contribution in [2.45, 2.75) is 45.3 Å². The van der Waals surface area contributed by atoms with Crippen molar-refractivity contribution in [3.63, 3.8) is 0 Å². The Morgan fingerprint density at radius 2 is 1.90 bits per heavy atom. The van der Waals surface area contributed by atoms with Crippen LogP contribution in [0.3, 0.4) is 0 Å². The van der Waals surface area contributed by atoms with Gasteiger partial charge in [0.05, 0.1) is 6.10 Å². The first-order chi connectivity index (χ1) is 9.95. The van der Waals surface area contributed by atoms with E-state index in [1.54, 1.807) is 0 Å². The Bertz CT molecular complexity index is 438. The Balaban J connectivity index is 1.87. The number of hydrogen-bond donors (Lipinski definition) is 1.